The van der Waals surface area contributed by atoms with Gasteiger partial charge in [-0.15, -0.1) is 6.42 Å². The molecule has 2 unspecified atom stereocenters. The molecule has 14 heteroatoms. The number of halogens is 2. The molecule has 4 saturated heterocycles. The van der Waals surface area contributed by atoms with Gasteiger partial charge < -0.3 is 19.5 Å². The summed E-state index contributed by atoms with van der Waals surface area (Å²) in [4.78, 5) is 45.1. The molecule has 8 rings (SSSR count). The summed E-state index contributed by atoms with van der Waals surface area (Å²) in [5.41, 5.74) is -1.72. The molecule has 12 nitrogen and oxygen atoms in total. The summed E-state index contributed by atoms with van der Waals surface area (Å²) in [6, 6.07) is 5.89. The number of anilines is 2. The molecule has 0 saturated carbocycles. The lowest BCUT2D eigenvalue weighted by Crippen LogP contribution is -2.55. The van der Waals surface area contributed by atoms with Crippen LogP contribution >= 0.6 is 0 Å². The maximum atomic E-state index is 17.5. The number of nitrogens with one attached hydrogen (secondary N) is 1. The van der Waals surface area contributed by atoms with Crippen LogP contribution in [0.15, 0.2) is 30.5 Å². The van der Waals surface area contributed by atoms with Crippen molar-refractivity contribution in [2.24, 2.45) is 11.8 Å². The monoisotopic (exact) mass is 781 g/mol. The van der Waals surface area contributed by atoms with Crippen molar-refractivity contribution in [2.45, 2.75) is 96.4 Å². The molecule has 4 aromatic rings. The molecule has 0 aliphatic carbocycles. The van der Waals surface area contributed by atoms with Gasteiger partial charge in [-0.1, -0.05) is 44.7 Å². The van der Waals surface area contributed by atoms with E-state index in [9.17, 15) is 14.7 Å². The van der Waals surface area contributed by atoms with E-state index in [0.29, 0.717) is 61.1 Å². The number of hydrogen-bond donors (Lipinski definition) is 2. The number of carboxylic acid groups (broad SMARTS) is 1. The van der Waals surface area contributed by atoms with Gasteiger partial charge in [0.15, 0.2) is 11.6 Å². The molecule has 300 valence electrons. The predicted molar refractivity (Wildman–Crippen MR) is 213 cm³/mol. The fourth-order valence-electron chi connectivity index (χ4n) is 9.76. The number of benzene rings is 2. The van der Waals surface area contributed by atoms with Crippen LogP contribution in [-0.2, 0) is 4.74 Å². The Kier molecular flexibility index (Phi) is 9.87. The van der Waals surface area contributed by atoms with Gasteiger partial charge in [0.2, 0.25) is 0 Å². The number of amides is 2. The van der Waals surface area contributed by atoms with Crippen LogP contribution in [0.3, 0.4) is 0 Å². The molecule has 2 aromatic heterocycles. The largest absolute Gasteiger partial charge is 0.465 e. The second-order valence-electron chi connectivity index (χ2n) is 17.2. The van der Waals surface area contributed by atoms with Gasteiger partial charge in [-0.25, -0.2) is 18.4 Å². The summed E-state index contributed by atoms with van der Waals surface area (Å²) < 4.78 is 46.3. The molecule has 0 radical (unpaired) electrons. The number of carbonyl (C=O) groups is 2. The van der Waals surface area contributed by atoms with Crippen LogP contribution in [0.2, 0.25) is 0 Å². The predicted octanol–water partition coefficient (Wildman–Crippen LogP) is 8.06. The zero-order valence-corrected chi connectivity index (χ0v) is 33.1. The number of piperazine rings is 1. The molecule has 4 aliphatic rings. The molecule has 2 amide bonds. The van der Waals surface area contributed by atoms with E-state index in [0.717, 1.165) is 38.8 Å². The summed E-state index contributed by atoms with van der Waals surface area (Å²) >= 11 is 0. The Morgan fingerprint density at radius 1 is 1.04 bits per heavy atom. The number of carbonyl (C=O) groups excluding carboxylic acids is 1. The fourth-order valence-corrected chi connectivity index (χ4v) is 9.76. The lowest BCUT2D eigenvalue weighted by molar-refractivity contribution is 0.0635. The topological polar surface area (TPSA) is 133 Å². The van der Waals surface area contributed by atoms with E-state index < -0.39 is 29.4 Å². The highest BCUT2D eigenvalue weighted by molar-refractivity contribution is 6.05. The van der Waals surface area contributed by atoms with Crippen molar-refractivity contribution in [1.29, 1.82) is 0 Å². The zero-order chi connectivity index (χ0) is 40.4. The van der Waals surface area contributed by atoms with E-state index in [-0.39, 0.29) is 56.9 Å². The van der Waals surface area contributed by atoms with Crippen LogP contribution in [0.4, 0.5) is 29.9 Å². The maximum Gasteiger partial charge on any atom is 0.412 e. The second-order valence-corrected chi connectivity index (χ2v) is 17.2. The van der Waals surface area contributed by atoms with E-state index in [1.807, 2.05) is 4.90 Å². The molecule has 2 aromatic carbocycles. The normalized spacial score (nSPS) is 24.5. The zero-order valence-electron chi connectivity index (χ0n) is 33.1. The first-order chi connectivity index (χ1) is 27.2. The maximum absolute atomic E-state index is 17.5. The Bertz CT molecular complexity index is 2280. The molecule has 2 N–H and O–H groups in total. The fraction of sp³-hybridized carbons (Fsp3) is 0.512. The molecule has 57 heavy (non-hydrogen) atoms. The number of pyridine rings is 1. The van der Waals surface area contributed by atoms with Crippen molar-refractivity contribution >= 4 is 45.4 Å². The highest BCUT2D eigenvalue weighted by Gasteiger charge is 2.51. The van der Waals surface area contributed by atoms with Gasteiger partial charge in [0.25, 0.3) is 0 Å². The van der Waals surface area contributed by atoms with Crippen LogP contribution in [0, 0.1) is 35.8 Å². The molecule has 4 atom stereocenters. The number of rotatable bonds is 8. The average Bonchev–Trinajstić information content (AvgIpc) is 3.79. The Balaban J connectivity index is 1.26. The van der Waals surface area contributed by atoms with Gasteiger partial charge >= 0.3 is 18.2 Å². The standard InChI is InChI=1S/C43H49F2N7O5/c1-7-24-16-43(17-25(8-2)20-51(43)19-24)23-56-39-48-36-30(38(49-39)50-21-28-13-14-29(22-50)52(28)41(54)55)18-46-37(35(36)45)33-32-26(9-3)11-10-12-27(32)15-31(34(33)44)47-40(53)57-42(4,5)6/h3,10-12,15,18,24-25,28-29H,7-8,13-14,16-17,19-23H2,1-2,4-6H3,(H,47,53)(H,54,55)/t24?,25?,28-,29+,43?. The Morgan fingerprint density at radius 2 is 1.72 bits per heavy atom. The molecule has 6 heterocycles. The first-order valence-corrected chi connectivity index (χ1v) is 19.9. The van der Waals surface area contributed by atoms with Crippen LogP contribution < -0.4 is 15.0 Å². The van der Waals surface area contributed by atoms with Crippen LogP contribution in [-0.4, -0.2) is 98.1 Å². The van der Waals surface area contributed by atoms with E-state index in [4.69, 9.17) is 20.9 Å². The highest BCUT2D eigenvalue weighted by atomic mass is 19.1. The number of nitrogens with zero attached hydrogens (tertiary/aromatic N) is 6. The number of terminal acetylenes is 1. The first kappa shape index (κ1) is 38.6. The molecular weight excluding hydrogens is 733 g/mol. The molecular formula is C43H49F2N7O5. The van der Waals surface area contributed by atoms with E-state index >= 15 is 8.78 Å². The molecule has 4 aliphatic heterocycles. The van der Waals surface area contributed by atoms with Gasteiger partial charge in [-0.05, 0) is 75.8 Å². The van der Waals surface area contributed by atoms with Crippen molar-refractivity contribution < 1.29 is 33.0 Å². The molecule has 2 bridgehead atoms. The van der Waals surface area contributed by atoms with Gasteiger partial charge in [0.1, 0.15) is 29.2 Å². The van der Waals surface area contributed by atoms with Gasteiger partial charge in [0, 0.05) is 43.3 Å². The highest BCUT2D eigenvalue weighted by Crippen LogP contribution is 2.46. The van der Waals surface area contributed by atoms with Crippen molar-refractivity contribution in [3.05, 3.63) is 47.7 Å². The summed E-state index contributed by atoms with van der Waals surface area (Å²) in [6.07, 6.45) is 11.0. The summed E-state index contributed by atoms with van der Waals surface area (Å²) in [5.74, 6) is 2.17. The minimum Gasteiger partial charge on any atom is -0.465 e. The smallest absolute Gasteiger partial charge is 0.412 e. The van der Waals surface area contributed by atoms with Gasteiger partial charge in [0.05, 0.1) is 34.3 Å². The van der Waals surface area contributed by atoms with Crippen LogP contribution in [0.5, 0.6) is 6.01 Å². The Hall–Kier alpha value is -5.29. The Labute approximate surface area is 330 Å². The van der Waals surface area contributed by atoms with Crippen molar-refractivity contribution in [3.63, 3.8) is 0 Å². The minimum atomic E-state index is -0.965. The average molecular weight is 782 g/mol. The number of ether oxygens (including phenoxy) is 2. The second kappa shape index (κ2) is 14.6. The van der Waals surface area contributed by atoms with E-state index in [2.05, 4.69) is 40.0 Å². The van der Waals surface area contributed by atoms with E-state index in [1.165, 1.54) is 17.2 Å². The van der Waals surface area contributed by atoms with E-state index in [1.54, 1.807) is 39.0 Å². The third kappa shape index (κ3) is 6.94. The summed E-state index contributed by atoms with van der Waals surface area (Å²) in [6.45, 7) is 12.5. The molecule has 4 fully saturated rings. The van der Waals surface area contributed by atoms with Crippen molar-refractivity contribution in [2.75, 3.05) is 43.0 Å². The van der Waals surface area contributed by atoms with Crippen LogP contribution in [0.1, 0.15) is 78.7 Å². The third-order valence-corrected chi connectivity index (χ3v) is 12.4. The lowest BCUT2D eigenvalue weighted by atomic mass is 9.86. The first-order valence-electron chi connectivity index (χ1n) is 19.9. The van der Waals surface area contributed by atoms with Gasteiger partial charge in [-0.2, -0.15) is 9.97 Å². The third-order valence-electron chi connectivity index (χ3n) is 12.4. The van der Waals surface area contributed by atoms with Gasteiger partial charge in [-0.3, -0.25) is 20.1 Å². The van der Waals surface area contributed by atoms with Crippen molar-refractivity contribution in [3.8, 4) is 29.6 Å². The number of aromatic nitrogens is 3. The molecule has 0 spiro atoms. The van der Waals surface area contributed by atoms with Crippen molar-refractivity contribution in [1.82, 2.24) is 24.8 Å². The summed E-state index contributed by atoms with van der Waals surface area (Å²) in [5, 5.41) is 13.4. The quantitative estimate of drug-likeness (QED) is 0.169. The number of hydrogen-bond acceptors (Lipinski definition) is 9. The summed E-state index contributed by atoms with van der Waals surface area (Å²) in [7, 11) is 0. The Morgan fingerprint density at radius 3 is 2.33 bits per heavy atom. The van der Waals surface area contributed by atoms with Crippen LogP contribution in [0.25, 0.3) is 32.9 Å². The lowest BCUT2D eigenvalue weighted by Gasteiger charge is -2.40. The number of fused-ring (bicyclic) bond motifs is 5. The SMILES string of the molecule is C#Cc1cccc2cc(NC(=O)OC(C)(C)C)c(F)c(-c3ncc4c(N5C[C@H]6CC[C@@H](C5)N6C(=O)O)nc(OCC56CC(CC)CN5CC(CC)C6)nc4c3F)c12. The minimum absolute atomic E-state index is 0.0224.